The molecule has 1 heterocycles. The summed E-state index contributed by atoms with van der Waals surface area (Å²) in [5, 5.41) is 0. The number of carbonyl (C=O) groups is 1. The van der Waals surface area contributed by atoms with Crippen LogP contribution in [0.1, 0.15) is 26.2 Å². The summed E-state index contributed by atoms with van der Waals surface area (Å²) in [7, 11) is -4.69. The van der Waals surface area contributed by atoms with Crippen LogP contribution < -0.4 is 4.90 Å². The molecule has 1 aliphatic heterocycles. The number of hydrogen-bond acceptors (Lipinski definition) is 4. The Hall–Kier alpha value is -1.50. The zero-order chi connectivity index (χ0) is 15.6. The number of halogens is 2. The molecule has 1 atom stereocenters. The number of alkyl halides is 2. The Bertz CT molecular complexity index is 631. The van der Waals surface area contributed by atoms with Gasteiger partial charge in [0.25, 0.3) is 0 Å². The lowest BCUT2D eigenvalue weighted by Crippen LogP contribution is -2.44. The normalized spacial score (nSPS) is 19.8. The van der Waals surface area contributed by atoms with E-state index in [0.29, 0.717) is 13.0 Å². The van der Waals surface area contributed by atoms with Crippen LogP contribution in [0.15, 0.2) is 29.2 Å². The van der Waals surface area contributed by atoms with Crippen LogP contribution in [0.5, 0.6) is 0 Å². The first kappa shape index (κ1) is 15.9. The van der Waals surface area contributed by atoms with Gasteiger partial charge in [-0.25, -0.2) is 8.42 Å². The van der Waals surface area contributed by atoms with E-state index in [1.54, 1.807) is 11.0 Å². The number of benzene rings is 1. The Morgan fingerprint density at radius 3 is 2.57 bits per heavy atom. The number of hydrogen-bond donors (Lipinski definition) is 0. The van der Waals surface area contributed by atoms with Gasteiger partial charge in [0, 0.05) is 6.54 Å². The molecule has 7 heteroatoms. The molecular formula is C14H17F2NO3S. The predicted molar refractivity (Wildman–Crippen MR) is 75.3 cm³/mol. The molecular weight excluding hydrogens is 300 g/mol. The van der Waals surface area contributed by atoms with E-state index in [-0.39, 0.29) is 11.5 Å². The Morgan fingerprint density at radius 2 is 1.95 bits per heavy atom. The monoisotopic (exact) mass is 317 g/mol. The van der Waals surface area contributed by atoms with Gasteiger partial charge in [-0.3, -0.25) is 4.79 Å². The number of anilines is 1. The van der Waals surface area contributed by atoms with Gasteiger partial charge in [0.05, 0.1) is 16.6 Å². The van der Waals surface area contributed by atoms with Crippen LogP contribution in [0.2, 0.25) is 0 Å². The number of para-hydroxylation sites is 1. The highest BCUT2D eigenvalue weighted by Gasteiger charge is 2.34. The molecule has 1 saturated heterocycles. The van der Waals surface area contributed by atoms with Gasteiger partial charge in [-0.05, 0) is 38.3 Å². The fourth-order valence-electron chi connectivity index (χ4n) is 2.67. The fraction of sp³-hybridized carbons (Fsp3) is 0.500. The highest BCUT2D eigenvalue weighted by atomic mass is 32.2. The zero-order valence-electron chi connectivity index (χ0n) is 11.6. The van der Waals surface area contributed by atoms with E-state index in [1.807, 2.05) is 0 Å². The van der Waals surface area contributed by atoms with Crippen molar-refractivity contribution in [1.82, 2.24) is 0 Å². The van der Waals surface area contributed by atoms with Crippen molar-refractivity contribution < 1.29 is 22.0 Å². The first-order valence-electron chi connectivity index (χ1n) is 6.74. The maximum atomic E-state index is 12.8. The van der Waals surface area contributed by atoms with Gasteiger partial charge in [0.2, 0.25) is 9.84 Å². The quantitative estimate of drug-likeness (QED) is 0.856. The molecule has 1 unspecified atom stereocenters. The minimum atomic E-state index is -4.69. The number of Topliss-reactive ketones (excluding diaryl/α,β-unsaturated/α-hetero) is 1. The summed E-state index contributed by atoms with van der Waals surface area (Å²) < 4.78 is 49.3. The zero-order valence-corrected chi connectivity index (χ0v) is 12.4. The van der Waals surface area contributed by atoms with Crippen LogP contribution in [-0.2, 0) is 14.6 Å². The van der Waals surface area contributed by atoms with Gasteiger partial charge in [0.15, 0.2) is 5.78 Å². The SMILES string of the molecule is CC(=O)C1CCCCN1c1ccccc1S(=O)(=O)C(F)F. The topological polar surface area (TPSA) is 54.5 Å². The van der Waals surface area contributed by atoms with Crippen molar-refractivity contribution in [1.29, 1.82) is 0 Å². The lowest BCUT2D eigenvalue weighted by molar-refractivity contribution is -0.118. The molecule has 1 aromatic rings. The van der Waals surface area contributed by atoms with E-state index in [2.05, 4.69) is 0 Å². The number of carbonyl (C=O) groups excluding carboxylic acids is 1. The van der Waals surface area contributed by atoms with Crippen molar-refractivity contribution in [2.75, 3.05) is 11.4 Å². The molecule has 21 heavy (non-hydrogen) atoms. The average Bonchev–Trinajstić information content (AvgIpc) is 2.47. The van der Waals surface area contributed by atoms with Crippen LogP contribution in [-0.4, -0.2) is 32.5 Å². The third kappa shape index (κ3) is 3.07. The maximum Gasteiger partial charge on any atom is 0.341 e. The first-order valence-corrected chi connectivity index (χ1v) is 8.28. The van der Waals surface area contributed by atoms with Crippen molar-refractivity contribution in [3.8, 4) is 0 Å². The first-order chi connectivity index (χ1) is 9.85. The van der Waals surface area contributed by atoms with Crippen LogP contribution in [0.4, 0.5) is 14.5 Å². The molecule has 0 amide bonds. The van der Waals surface area contributed by atoms with E-state index in [1.165, 1.54) is 25.1 Å². The van der Waals surface area contributed by atoms with Crippen LogP contribution >= 0.6 is 0 Å². The Balaban J connectivity index is 2.51. The third-order valence-corrected chi connectivity index (χ3v) is 5.12. The molecule has 1 aliphatic rings. The Labute approximate surface area is 122 Å². The summed E-state index contributed by atoms with van der Waals surface area (Å²) in [6.07, 6.45) is 2.27. The number of sulfone groups is 1. The lowest BCUT2D eigenvalue weighted by Gasteiger charge is -2.37. The smallest absolute Gasteiger partial charge is 0.341 e. The van der Waals surface area contributed by atoms with Crippen molar-refractivity contribution >= 4 is 21.3 Å². The second-order valence-corrected chi connectivity index (χ2v) is 6.98. The maximum absolute atomic E-state index is 12.8. The number of rotatable bonds is 4. The molecule has 1 fully saturated rings. The van der Waals surface area contributed by atoms with Crippen LogP contribution in [0.3, 0.4) is 0 Å². The standard InChI is InChI=1S/C14H17F2NO3S/c1-10(18)11-6-4-5-9-17(11)12-7-2-3-8-13(12)21(19,20)14(15)16/h2-3,7-8,11,14H,4-6,9H2,1H3. The van der Waals surface area contributed by atoms with E-state index >= 15 is 0 Å². The third-order valence-electron chi connectivity index (χ3n) is 3.69. The summed E-state index contributed by atoms with van der Waals surface area (Å²) in [6.45, 7) is 1.92. The van der Waals surface area contributed by atoms with Gasteiger partial charge in [-0.15, -0.1) is 0 Å². The highest BCUT2D eigenvalue weighted by Crippen LogP contribution is 2.33. The minimum absolute atomic E-state index is 0.0843. The van der Waals surface area contributed by atoms with Crippen molar-refractivity contribution in [3.05, 3.63) is 24.3 Å². The van der Waals surface area contributed by atoms with Gasteiger partial charge in [0.1, 0.15) is 0 Å². The second kappa shape index (κ2) is 6.09. The summed E-state index contributed by atoms with van der Waals surface area (Å²) in [5.41, 5.74) is 0.192. The average molecular weight is 317 g/mol. The molecule has 2 rings (SSSR count). The Morgan fingerprint density at radius 1 is 1.29 bits per heavy atom. The second-order valence-electron chi connectivity index (χ2n) is 5.09. The van der Waals surface area contributed by atoms with Gasteiger partial charge < -0.3 is 4.90 Å². The largest absolute Gasteiger partial charge is 0.360 e. The van der Waals surface area contributed by atoms with Crippen molar-refractivity contribution in [3.63, 3.8) is 0 Å². The fourth-order valence-corrected chi connectivity index (χ4v) is 3.61. The molecule has 0 N–H and O–H groups in total. The molecule has 4 nitrogen and oxygen atoms in total. The lowest BCUT2D eigenvalue weighted by atomic mass is 9.98. The van der Waals surface area contributed by atoms with E-state index in [4.69, 9.17) is 0 Å². The molecule has 0 saturated carbocycles. The van der Waals surface area contributed by atoms with Crippen molar-refractivity contribution in [2.45, 2.75) is 42.9 Å². The summed E-state index contributed by atoms with van der Waals surface area (Å²) >= 11 is 0. The number of ketones is 1. The van der Waals surface area contributed by atoms with E-state index < -0.39 is 26.5 Å². The highest BCUT2D eigenvalue weighted by molar-refractivity contribution is 7.91. The molecule has 0 aliphatic carbocycles. The number of piperidine rings is 1. The predicted octanol–water partition coefficient (Wildman–Crippen LogP) is 2.63. The summed E-state index contributed by atoms with van der Waals surface area (Å²) in [4.78, 5) is 13.0. The molecule has 116 valence electrons. The molecule has 0 aromatic heterocycles. The Kier molecular flexibility index (Phi) is 4.61. The van der Waals surface area contributed by atoms with Gasteiger partial charge >= 0.3 is 5.76 Å². The minimum Gasteiger partial charge on any atom is -0.360 e. The van der Waals surface area contributed by atoms with Crippen molar-refractivity contribution in [2.24, 2.45) is 0 Å². The van der Waals surface area contributed by atoms with Crippen LogP contribution in [0, 0.1) is 0 Å². The van der Waals surface area contributed by atoms with E-state index in [9.17, 15) is 22.0 Å². The molecule has 0 spiro atoms. The number of nitrogens with zero attached hydrogens (tertiary/aromatic N) is 1. The molecule has 0 bridgehead atoms. The van der Waals surface area contributed by atoms with Crippen LogP contribution in [0.25, 0.3) is 0 Å². The summed E-state index contributed by atoms with van der Waals surface area (Å²) in [5.74, 6) is -3.56. The van der Waals surface area contributed by atoms with Gasteiger partial charge in [-0.2, -0.15) is 8.78 Å². The van der Waals surface area contributed by atoms with Gasteiger partial charge in [-0.1, -0.05) is 12.1 Å². The summed E-state index contributed by atoms with van der Waals surface area (Å²) in [6, 6.07) is 5.20. The molecule has 1 aromatic carbocycles. The molecule has 0 radical (unpaired) electrons. The van der Waals surface area contributed by atoms with E-state index in [0.717, 1.165) is 12.8 Å².